The van der Waals surface area contributed by atoms with E-state index >= 15 is 0 Å². The van der Waals surface area contributed by atoms with Gasteiger partial charge in [0.25, 0.3) is 5.69 Å². The molecule has 114 valence electrons. The van der Waals surface area contributed by atoms with E-state index in [0.29, 0.717) is 6.61 Å². The molecule has 1 aliphatic rings. The number of carbonyl (C=O) groups excluding carboxylic acids is 1. The Balaban J connectivity index is 2.52. The summed E-state index contributed by atoms with van der Waals surface area (Å²) in [5.74, 6) is -1.52. The van der Waals surface area contributed by atoms with E-state index < -0.39 is 33.8 Å². The molecule has 0 aliphatic carbocycles. The number of Topliss-reactive ketones (excluding diaryl/α,β-unsaturated/α-hetero) is 1. The molecule has 1 heterocycles. The highest BCUT2D eigenvalue weighted by molar-refractivity contribution is 6.30. The molecule has 8 heteroatoms. The number of aliphatic hydroxyl groups excluding tert-OH is 1. The normalized spacial score (nSPS) is 21.3. The fraction of sp³-hybridized carbons (Fsp3) is 0.286. The number of hydrogen-bond donors (Lipinski definition) is 1. The van der Waals surface area contributed by atoms with Crippen molar-refractivity contribution < 1.29 is 19.6 Å². The summed E-state index contributed by atoms with van der Waals surface area (Å²) in [6.07, 6.45) is -0.817. The standard InChI is InChI=1S/C14H11ClN2O5/c1-7-6-22-14(7)13(19)10(5-16)12(18)9-3-2-8(15)4-11(9)17(20)21/h2-4,7,14,18H,6H2,1H3/b12-10+. The maximum Gasteiger partial charge on any atom is 0.281 e. The molecule has 1 saturated heterocycles. The first-order chi connectivity index (χ1) is 10.4. The van der Waals surface area contributed by atoms with Crippen molar-refractivity contribution in [3.63, 3.8) is 0 Å². The lowest BCUT2D eigenvalue weighted by Gasteiger charge is -2.32. The van der Waals surface area contributed by atoms with Gasteiger partial charge in [0, 0.05) is 17.0 Å². The molecule has 0 spiro atoms. The third kappa shape index (κ3) is 2.79. The smallest absolute Gasteiger partial charge is 0.281 e. The molecule has 2 unspecified atom stereocenters. The third-order valence-electron chi connectivity index (χ3n) is 3.32. The van der Waals surface area contributed by atoms with Gasteiger partial charge >= 0.3 is 0 Å². The van der Waals surface area contributed by atoms with Gasteiger partial charge in [-0.15, -0.1) is 0 Å². The number of carbonyl (C=O) groups is 1. The molecule has 1 aliphatic heterocycles. The van der Waals surface area contributed by atoms with Crippen LogP contribution in [0.1, 0.15) is 12.5 Å². The molecule has 22 heavy (non-hydrogen) atoms. The first-order valence-corrected chi connectivity index (χ1v) is 6.68. The average molecular weight is 323 g/mol. The first-order valence-electron chi connectivity index (χ1n) is 6.30. The number of benzene rings is 1. The van der Waals surface area contributed by atoms with Crippen LogP contribution >= 0.6 is 11.6 Å². The SMILES string of the molecule is CC1COC1C(=O)/C(C#N)=C(/O)c1ccc(Cl)cc1[N+](=O)[O-]. The number of ketones is 1. The minimum absolute atomic E-state index is 0.0798. The van der Waals surface area contributed by atoms with Crippen molar-refractivity contribution in [3.8, 4) is 6.07 Å². The van der Waals surface area contributed by atoms with E-state index in [9.17, 15) is 20.0 Å². The Kier molecular flexibility index (Phi) is 4.45. The van der Waals surface area contributed by atoms with Crippen LogP contribution in [0.4, 0.5) is 5.69 Å². The fourth-order valence-corrected chi connectivity index (χ4v) is 2.24. The second-order valence-corrected chi connectivity index (χ2v) is 5.29. The van der Waals surface area contributed by atoms with Gasteiger partial charge in [-0.1, -0.05) is 18.5 Å². The van der Waals surface area contributed by atoms with Crippen LogP contribution in [0.5, 0.6) is 0 Å². The maximum atomic E-state index is 12.2. The van der Waals surface area contributed by atoms with Crippen LogP contribution < -0.4 is 0 Å². The van der Waals surface area contributed by atoms with E-state index in [1.54, 1.807) is 13.0 Å². The highest BCUT2D eigenvalue weighted by Crippen LogP contribution is 2.31. The predicted octanol–water partition coefficient (Wildman–Crippen LogP) is 2.64. The van der Waals surface area contributed by atoms with Gasteiger partial charge in [0.15, 0.2) is 5.76 Å². The van der Waals surface area contributed by atoms with Gasteiger partial charge in [-0.05, 0) is 12.1 Å². The molecule has 0 amide bonds. The third-order valence-corrected chi connectivity index (χ3v) is 3.56. The van der Waals surface area contributed by atoms with Gasteiger partial charge in [0.05, 0.1) is 17.1 Å². The van der Waals surface area contributed by atoms with Crippen molar-refractivity contribution in [3.05, 3.63) is 44.5 Å². The number of rotatable bonds is 4. The summed E-state index contributed by atoms with van der Waals surface area (Å²) in [6, 6.07) is 5.14. The monoisotopic (exact) mass is 322 g/mol. The minimum atomic E-state index is -0.817. The lowest BCUT2D eigenvalue weighted by Crippen LogP contribution is -2.44. The number of halogens is 1. The Morgan fingerprint density at radius 1 is 1.59 bits per heavy atom. The van der Waals surface area contributed by atoms with Gasteiger partial charge in [0.2, 0.25) is 5.78 Å². The molecule has 2 rings (SSSR count). The molecule has 1 aromatic carbocycles. The number of hydrogen-bond acceptors (Lipinski definition) is 6. The van der Waals surface area contributed by atoms with E-state index in [-0.39, 0.29) is 16.5 Å². The first kappa shape index (κ1) is 15.9. The zero-order valence-electron chi connectivity index (χ0n) is 11.4. The van der Waals surface area contributed by atoms with Gasteiger partial charge < -0.3 is 9.84 Å². The Morgan fingerprint density at radius 2 is 2.27 bits per heavy atom. The Hall–Kier alpha value is -2.43. The molecular formula is C14H11ClN2O5. The molecule has 0 bridgehead atoms. The van der Waals surface area contributed by atoms with Gasteiger partial charge in [-0.25, -0.2) is 0 Å². The highest BCUT2D eigenvalue weighted by atomic mass is 35.5. The lowest BCUT2D eigenvalue weighted by atomic mass is 9.91. The fourth-order valence-electron chi connectivity index (χ4n) is 2.08. The van der Waals surface area contributed by atoms with Crippen LogP contribution in [0.25, 0.3) is 5.76 Å². The Labute approximate surface area is 130 Å². The van der Waals surface area contributed by atoms with Crippen LogP contribution in [0.3, 0.4) is 0 Å². The van der Waals surface area contributed by atoms with E-state index in [1.807, 2.05) is 0 Å². The van der Waals surface area contributed by atoms with Crippen LogP contribution in [0.15, 0.2) is 23.8 Å². The number of nitro groups is 1. The van der Waals surface area contributed by atoms with Gasteiger partial charge in [-0.3, -0.25) is 14.9 Å². The van der Waals surface area contributed by atoms with Crippen LogP contribution in [-0.2, 0) is 9.53 Å². The molecule has 1 N–H and O–H groups in total. The zero-order valence-corrected chi connectivity index (χ0v) is 12.2. The van der Waals surface area contributed by atoms with Crippen molar-refractivity contribution in [1.29, 1.82) is 5.26 Å². The number of aliphatic hydroxyl groups is 1. The van der Waals surface area contributed by atoms with Crippen molar-refractivity contribution in [2.24, 2.45) is 5.92 Å². The van der Waals surface area contributed by atoms with Crippen molar-refractivity contribution in [2.45, 2.75) is 13.0 Å². The minimum Gasteiger partial charge on any atom is -0.506 e. The van der Waals surface area contributed by atoms with Crippen LogP contribution in [0.2, 0.25) is 5.02 Å². The van der Waals surface area contributed by atoms with E-state index in [0.717, 1.165) is 6.07 Å². The molecule has 1 fully saturated rings. The maximum absolute atomic E-state index is 12.2. The van der Waals surface area contributed by atoms with Gasteiger partial charge in [0.1, 0.15) is 17.7 Å². The van der Waals surface area contributed by atoms with Crippen molar-refractivity contribution in [1.82, 2.24) is 0 Å². The van der Waals surface area contributed by atoms with Crippen molar-refractivity contribution in [2.75, 3.05) is 6.61 Å². The second-order valence-electron chi connectivity index (χ2n) is 4.85. The molecule has 7 nitrogen and oxygen atoms in total. The summed E-state index contributed by atoms with van der Waals surface area (Å²) in [7, 11) is 0. The van der Waals surface area contributed by atoms with E-state index in [2.05, 4.69) is 0 Å². The second kappa shape index (κ2) is 6.13. The van der Waals surface area contributed by atoms with Crippen LogP contribution in [0, 0.1) is 27.4 Å². The molecule has 1 aromatic rings. The summed E-state index contributed by atoms with van der Waals surface area (Å²) < 4.78 is 5.07. The number of nitrogens with zero attached hydrogens (tertiary/aromatic N) is 2. The molecule has 0 radical (unpaired) electrons. The van der Waals surface area contributed by atoms with E-state index in [1.165, 1.54) is 12.1 Å². The molecule has 2 atom stereocenters. The predicted molar refractivity (Wildman–Crippen MR) is 77.2 cm³/mol. The quantitative estimate of drug-likeness (QED) is 0.300. The molecule has 0 aromatic heterocycles. The zero-order chi connectivity index (χ0) is 16.4. The van der Waals surface area contributed by atoms with Gasteiger partial charge in [-0.2, -0.15) is 5.26 Å². The Bertz CT molecular complexity index is 722. The van der Waals surface area contributed by atoms with Crippen LogP contribution in [-0.4, -0.2) is 28.5 Å². The molecule has 0 saturated carbocycles. The van der Waals surface area contributed by atoms with Crippen molar-refractivity contribution >= 4 is 28.8 Å². The summed E-state index contributed by atoms with van der Waals surface area (Å²) in [5.41, 5.74) is -1.30. The lowest BCUT2D eigenvalue weighted by molar-refractivity contribution is -0.385. The largest absolute Gasteiger partial charge is 0.506 e. The highest BCUT2D eigenvalue weighted by Gasteiger charge is 2.38. The number of ether oxygens (including phenoxy) is 1. The summed E-state index contributed by atoms with van der Waals surface area (Å²) in [4.78, 5) is 22.5. The Morgan fingerprint density at radius 3 is 2.73 bits per heavy atom. The van der Waals surface area contributed by atoms with E-state index in [4.69, 9.17) is 21.6 Å². The number of nitro benzene ring substituents is 1. The summed E-state index contributed by atoms with van der Waals surface area (Å²) in [6.45, 7) is 2.15. The topological polar surface area (TPSA) is 113 Å². The number of nitriles is 1. The average Bonchev–Trinajstić information content (AvgIpc) is 2.46. The molecular weight excluding hydrogens is 312 g/mol. The summed E-state index contributed by atoms with van der Waals surface area (Å²) >= 11 is 5.69. The summed E-state index contributed by atoms with van der Waals surface area (Å²) in [5, 5.41) is 30.4.